The number of rotatable bonds is 4. The number of nitrogens with zero attached hydrogens (tertiary/aromatic N) is 1. The van der Waals surface area contributed by atoms with Crippen LogP contribution in [0.25, 0.3) is 0 Å². The van der Waals surface area contributed by atoms with E-state index in [0.29, 0.717) is 23.9 Å². The van der Waals surface area contributed by atoms with Crippen LogP contribution in [0.3, 0.4) is 0 Å². The van der Waals surface area contributed by atoms with Gasteiger partial charge in [-0.25, -0.2) is 8.78 Å². The summed E-state index contributed by atoms with van der Waals surface area (Å²) in [4.78, 5) is 14.0. The molecule has 1 heterocycles. The van der Waals surface area contributed by atoms with Crippen molar-refractivity contribution in [3.8, 4) is 5.75 Å². The Morgan fingerprint density at radius 2 is 2.00 bits per heavy atom. The van der Waals surface area contributed by atoms with Crippen LogP contribution in [0.4, 0.5) is 8.78 Å². The van der Waals surface area contributed by atoms with Crippen molar-refractivity contribution in [1.29, 1.82) is 0 Å². The van der Waals surface area contributed by atoms with Gasteiger partial charge in [-0.2, -0.15) is 0 Å². The minimum absolute atomic E-state index is 0.0163. The van der Waals surface area contributed by atoms with Crippen LogP contribution >= 0.6 is 11.6 Å². The van der Waals surface area contributed by atoms with Crippen molar-refractivity contribution in [2.24, 2.45) is 0 Å². The van der Waals surface area contributed by atoms with Crippen molar-refractivity contribution < 1.29 is 23.0 Å². The molecule has 0 radical (unpaired) electrons. The predicted octanol–water partition coefficient (Wildman–Crippen LogP) is 3.85. The van der Waals surface area contributed by atoms with Crippen LogP contribution in [0, 0.1) is 18.6 Å². The maximum Gasteiger partial charge on any atom is 0.254 e. The van der Waals surface area contributed by atoms with E-state index in [1.54, 1.807) is 12.1 Å². The predicted molar refractivity (Wildman–Crippen MR) is 93.7 cm³/mol. The van der Waals surface area contributed by atoms with Crippen LogP contribution in [-0.4, -0.2) is 43.2 Å². The maximum absolute atomic E-state index is 13.3. The zero-order chi connectivity index (χ0) is 18.7. The van der Waals surface area contributed by atoms with Crippen molar-refractivity contribution in [2.75, 3.05) is 26.3 Å². The van der Waals surface area contributed by atoms with Crippen molar-refractivity contribution in [3.63, 3.8) is 0 Å². The van der Waals surface area contributed by atoms with E-state index in [1.165, 1.54) is 4.90 Å². The van der Waals surface area contributed by atoms with Gasteiger partial charge in [0.05, 0.1) is 13.2 Å². The topological polar surface area (TPSA) is 38.8 Å². The summed E-state index contributed by atoms with van der Waals surface area (Å²) >= 11 is 5.99. The number of hydrogen-bond donors (Lipinski definition) is 0. The van der Waals surface area contributed by atoms with Gasteiger partial charge >= 0.3 is 0 Å². The van der Waals surface area contributed by atoms with Crippen LogP contribution < -0.4 is 4.74 Å². The highest BCUT2D eigenvalue weighted by Crippen LogP contribution is 2.22. The summed E-state index contributed by atoms with van der Waals surface area (Å²) in [7, 11) is 0. The maximum atomic E-state index is 13.3. The zero-order valence-corrected chi connectivity index (χ0v) is 14.9. The minimum atomic E-state index is -0.778. The van der Waals surface area contributed by atoms with Crippen molar-refractivity contribution in [2.45, 2.75) is 13.0 Å². The first kappa shape index (κ1) is 18.6. The Morgan fingerprint density at radius 1 is 1.27 bits per heavy atom. The van der Waals surface area contributed by atoms with Gasteiger partial charge in [-0.15, -0.1) is 0 Å². The number of hydrogen-bond acceptors (Lipinski definition) is 3. The molecule has 0 bridgehead atoms. The zero-order valence-electron chi connectivity index (χ0n) is 14.2. The summed E-state index contributed by atoms with van der Waals surface area (Å²) in [5.41, 5.74) is 0.885. The Morgan fingerprint density at radius 3 is 2.69 bits per heavy atom. The summed E-state index contributed by atoms with van der Waals surface area (Å²) in [6.45, 7) is 3.10. The summed E-state index contributed by atoms with van der Waals surface area (Å²) < 4.78 is 38.0. The summed E-state index contributed by atoms with van der Waals surface area (Å²) in [5.74, 6) is -1.33. The molecular weight excluding hydrogens is 364 g/mol. The van der Waals surface area contributed by atoms with Gasteiger partial charge in [0.25, 0.3) is 5.91 Å². The lowest BCUT2D eigenvalue weighted by Crippen LogP contribution is -2.47. The molecule has 1 aliphatic heterocycles. The third-order valence-corrected chi connectivity index (χ3v) is 4.52. The Labute approximate surface area is 155 Å². The molecule has 1 fully saturated rings. The largest absolute Gasteiger partial charge is 0.491 e. The lowest BCUT2D eigenvalue weighted by Gasteiger charge is -2.33. The van der Waals surface area contributed by atoms with Gasteiger partial charge in [0.2, 0.25) is 0 Å². The smallest absolute Gasteiger partial charge is 0.254 e. The molecule has 1 atom stereocenters. The van der Waals surface area contributed by atoms with E-state index in [1.807, 2.05) is 13.0 Å². The van der Waals surface area contributed by atoms with Crippen LogP contribution in [0.2, 0.25) is 5.02 Å². The van der Waals surface area contributed by atoms with E-state index >= 15 is 0 Å². The molecule has 0 unspecified atom stereocenters. The van der Waals surface area contributed by atoms with Crippen LogP contribution in [0.5, 0.6) is 5.75 Å². The van der Waals surface area contributed by atoms with Gasteiger partial charge in [-0.3, -0.25) is 4.79 Å². The average molecular weight is 382 g/mol. The number of ether oxygens (including phenoxy) is 2. The molecule has 0 spiro atoms. The van der Waals surface area contributed by atoms with Gasteiger partial charge in [0.1, 0.15) is 30.1 Å². The third kappa shape index (κ3) is 4.51. The second-order valence-corrected chi connectivity index (χ2v) is 6.53. The minimum Gasteiger partial charge on any atom is -0.491 e. The second-order valence-electron chi connectivity index (χ2n) is 6.12. The van der Waals surface area contributed by atoms with E-state index in [9.17, 15) is 13.6 Å². The van der Waals surface area contributed by atoms with Crippen LogP contribution in [0.15, 0.2) is 36.4 Å². The normalized spacial score (nSPS) is 17.2. The standard InChI is InChI=1S/C19H18ClF2NO3/c1-12-6-16(2-3-18(12)20)26-11-17-10-23(4-5-25-17)19(24)13-7-14(21)9-15(22)8-13/h2-3,6-9,17H,4-5,10-11H2,1H3/t17-/m0/s1. The van der Waals surface area contributed by atoms with E-state index in [-0.39, 0.29) is 24.8 Å². The molecule has 138 valence electrons. The van der Waals surface area contributed by atoms with Gasteiger partial charge in [0.15, 0.2) is 0 Å². The first-order chi connectivity index (χ1) is 12.4. The molecule has 2 aromatic rings. The summed E-state index contributed by atoms with van der Waals surface area (Å²) in [6.07, 6.45) is -0.331. The van der Waals surface area contributed by atoms with Crippen LogP contribution in [-0.2, 0) is 4.74 Å². The fourth-order valence-corrected chi connectivity index (χ4v) is 2.88. The van der Waals surface area contributed by atoms with Crippen LogP contribution in [0.1, 0.15) is 15.9 Å². The van der Waals surface area contributed by atoms with E-state index in [2.05, 4.69) is 0 Å². The summed E-state index contributed by atoms with van der Waals surface area (Å²) in [6, 6.07) is 8.13. The monoisotopic (exact) mass is 381 g/mol. The van der Waals surface area contributed by atoms with Gasteiger partial charge < -0.3 is 14.4 Å². The molecule has 0 N–H and O–H groups in total. The quantitative estimate of drug-likeness (QED) is 0.807. The SMILES string of the molecule is Cc1cc(OC[C@@H]2CN(C(=O)c3cc(F)cc(F)c3)CCO2)ccc1Cl. The number of morpholine rings is 1. The highest BCUT2D eigenvalue weighted by Gasteiger charge is 2.26. The van der Waals surface area contributed by atoms with Crippen molar-refractivity contribution in [3.05, 3.63) is 64.2 Å². The number of amides is 1. The molecule has 4 nitrogen and oxygen atoms in total. The Balaban J connectivity index is 1.61. The second kappa shape index (κ2) is 8.01. The molecule has 2 aromatic carbocycles. The molecule has 0 aromatic heterocycles. The number of halogens is 3. The first-order valence-electron chi connectivity index (χ1n) is 8.18. The molecule has 1 amide bonds. The first-order valence-corrected chi connectivity index (χ1v) is 8.56. The lowest BCUT2D eigenvalue weighted by atomic mass is 10.1. The molecule has 0 saturated carbocycles. The number of carbonyl (C=O) groups is 1. The van der Waals surface area contributed by atoms with Gasteiger partial charge in [-0.1, -0.05) is 11.6 Å². The van der Waals surface area contributed by atoms with Crippen molar-refractivity contribution in [1.82, 2.24) is 4.90 Å². The fraction of sp³-hybridized carbons (Fsp3) is 0.316. The Hall–Kier alpha value is -2.18. The van der Waals surface area contributed by atoms with E-state index in [0.717, 1.165) is 23.8 Å². The highest BCUT2D eigenvalue weighted by atomic mass is 35.5. The average Bonchev–Trinajstić information content (AvgIpc) is 2.61. The van der Waals surface area contributed by atoms with E-state index < -0.39 is 17.5 Å². The van der Waals surface area contributed by atoms with Gasteiger partial charge in [0, 0.05) is 23.2 Å². The Bertz CT molecular complexity index is 795. The molecular formula is C19H18ClF2NO3. The number of benzene rings is 2. The molecule has 0 aliphatic carbocycles. The van der Waals surface area contributed by atoms with Gasteiger partial charge in [-0.05, 0) is 42.8 Å². The van der Waals surface area contributed by atoms with E-state index in [4.69, 9.17) is 21.1 Å². The number of aryl methyl sites for hydroxylation is 1. The highest BCUT2D eigenvalue weighted by molar-refractivity contribution is 6.31. The Kier molecular flexibility index (Phi) is 5.74. The molecule has 1 aliphatic rings. The molecule has 3 rings (SSSR count). The number of carbonyl (C=O) groups excluding carboxylic acids is 1. The fourth-order valence-electron chi connectivity index (χ4n) is 2.76. The lowest BCUT2D eigenvalue weighted by molar-refractivity contribution is -0.0401. The summed E-state index contributed by atoms with van der Waals surface area (Å²) in [5, 5.41) is 0.658. The molecule has 1 saturated heterocycles. The molecule has 7 heteroatoms. The third-order valence-electron chi connectivity index (χ3n) is 4.10. The van der Waals surface area contributed by atoms with Crippen molar-refractivity contribution >= 4 is 17.5 Å². The molecule has 26 heavy (non-hydrogen) atoms.